The average molecular weight is 489 g/mol. The number of amides is 1. The van der Waals surface area contributed by atoms with Crippen LogP contribution >= 0.6 is 22.9 Å². The number of fused-ring (bicyclic) bond motifs is 1. The van der Waals surface area contributed by atoms with Crippen LogP contribution in [0.4, 0.5) is 5.13 Å². The van der Waals surface area contributed by atoms with Gasteiger partial charge in [0, 0.05) is 11.4 Å². The molecule has 32 heavy (non-hydrogen) atoms. The van der Waals surface area contributed by atoms with E-state index in [2.05, 4.69) is 10.3 Å². The van der Waals surface area contributed by atoms with E-state index in [9.17, 15) is 18.0 Å². The Morgan fingerprint density at radius 3 is 2.56 bits per heavy atom. The number of rotatable bonds is 6. The number of hydrogen-bond donors (Lipinski definition) is 1. The molecule has 0 radical (unpaired) electrons. The van der Waals surface area contributed by atoms with Gasteiger partial charge in [0.05, 0.1) is 27.6 Å². The van der Waals surface area contributed by atoms with Crippen molar-refractivity contribution in [3.05, 3.63) is 75.3 Å². The summed E-state index contributed by atoms with van der Waals surface area (Å²) < 4.78 is 23.8. The van der Waals surface area contributed by atoms with E-state index in [1.54, 1.807) is 19.1 Å². The zero-order valence-electron chi connectivity index (χ0n) is 17.3. The lowest BCUT2D eigenvalue weighted by Crippen LogP contribution is -2.17. The van der Waals surface area contributed by atoms with Gasteiger partial charge in [-0.15, -0.1) is 0 Å². The van der Waals surface area contributed by atoms with Gasteiger partial charge >= 0.3 is 0 Å². The fourth-order valence-corrected chi connectivity index (χ4v) is 5.87. The Bertz CT molecular complexity index is 1280. The Labute approximate surface area is 195 Å². The number of nitrogens with zero attached hydrogens (tertiary/aromatic N) is 1. The maximum absolute atomic E-state index is 12.7. The van der Waals surface area contributed by atoms with Crippen molar-refractivity contribution in [2.24, 2.45) is 0 Å². The first-order chi connectivity index (χ1) is 15.3. The molecule has 0 spiro atoms. The molecular formula is C23H21ClN2O4S2. The fourth-order valence-electron chi connectivity index (χ4n) is 3.74. The largest absolute Gasteiger partial charge is 0.302 e. The van der Waals surface area contributed by atoms with Gasteiger partial charge in [-0.1, -0.05) is 60.2 Å². The van der Waals surface area contributed by atoms with Gasteiger partial charge in [-0.25, -0.2) is 13.4 Å². The topological polar surface area (TPSA) is 93.2 Å². The molecule has 1 unspecified atom stereocenters. The lowest BCUT2D eigenvalue weighted by molar-refractivity contribution is -0.115. The van der Waals surface area contributed by atoms with Gasteiger partial charge in [0.2, 0.25) is 5.91 Å². The molecular weight excluding hydrogens is 468 g/mol. The molecule has 1 N–H and O–H groups in total. The van der Waals surface area contributed by atoms with Crippen molar-refractivity contribution in [1.29, 1.82) is 0 Å². The van der Waals surface area contributed by atoms with Gasteiger partial charge in [-0.3, -0.25) is 9.59 Å². The molecule has 3 aromatic rings. The lowest BCUT2D eigenvalue weighted by atomic mass is 9.84. The second-order valence-corrected chi connectivity index (χ2v) is 11.3. The van der Waals surface area contributed by atoms with Crippen LogP contribution in [0.5, 0.6) is 0 Å². The fraction of sp³-hybridized carbons (Fsp3) is 0.261. The number of sulfone groups is 1. The first-order valence-corrected chi connectivity index (χ1v) is 13.0. The van der Waals surface area contributed by atoms with Crippen LogP contribution in [0.1, 0.15) is 45.8 Å². The summed E-state index contributed by atoms with van der Waals surface area (Å²) in [6.45, 7) is 1.59. The van der Waals surface area contributed by atoms with Crippen molar-refractivity contribution in [3.63, 3.8) is 0 Å². The number of aromatic nitrogens is 1. The van der Waals surface area contributed by atoms with Crippen LogP contribution in [0.3, 0.4) is 0 Å². The predicted octanol–water partition coefficient (Wildman–Crippen LogP) is 4.68. The van der Waals surface area contributed by atoms with Crippen LogP contribution in [-0.2, 0) is 27.5 Å². The Morgan fingerprint density at radius 2 is 1.88 bits per heavy atom. The first kappa shape index (κ1) is 22.6. The summed E-state index contributed by atoms with van der Waals surface area (Å²) in [5.41, 5.74) is 2.30. The normalized spacial score (nSPS) is 15.9. The summed E-state index contributed by atoms with van der Waals surface area (Å²) in [6.07, 6.45) is 1.02. The molecule has 0 saturated carbocycles. The molecule has 2 aromatic carbocycles. The quantitative estimate of drug-likeness (QED) is 0.543. The van der Waals surface area contributed by atoms with Gasteiger partial charge < -0.3 is 5.32 Å². The van der Waals surface area contributed by atoms with Crippen LogP contribution in [0.25, 0.3) is 0 Å². The van der Waals surface area contributed by atoms with Crippen molar-refractivity contribution in [2.75, 3.05) is 11.1 Å². The van der Waals surface area contributed by atoms with Gasteiger partial charge in [-0.05, 0) is 41.7 Å². The number of benzene rings is 2. The van der Waals surface area contributed by atoms with Gasteiger partial charge in [0.1, 0.15) is 0 Å². The number of thiazole rings is 1. The molecule has 166 valence electrons. The maximum Gasteiger partial charge on any atom is 0.230 e. The first-order valence-electron chi connectivity index (χ1n) is 10.2. The van der Waals surface area contributed by atoms with E-state index in [-0.39, 0.29) is 34.7 Å². The molecule has 1 atom stereocenters. The minimum Gasteiger partial charge on any atom is -0.302 e. The lowest BCUT2D eigenvalue weighted by Gasteiger charge is -2.21. The smallest absolute Gasteiger partial charge is 0.230 e. The molecule has 9 heteroatoms. The summed E-state index contributed by atoms with van der Waals surface area (Å²) in [5.74, 6) is -0.288. The molecule has 0 fully saturated rings. The Morgan fingerprint density at radius 1 is 1.16 bits per heavy atom. The Kier molecular flexibility index (Phi) is 6.46. The standard InChI is InChI=1S/C23H21ClN2O4S2/c1-2-32(29,30)16-9-7-14(8-10-16)11-21(28)26-23-25-19-12-15(13-20(27)22(19)31-23)17-5-3-4-6-18(17)24/h3-10,15H,2,11-13H2,1H3,(H,25,26,28). The number of Topliss-reactive ketones (excluding diaryl/α,β-unsaturated/α-hetero) is 1. The second kappa shape index (κ2) is 9.13. The highest BCUT2D eigenvalue weighted by Crippen LogP contribution is 2.38. The highest BCUT2D eigenvalue weighted by Gasteiger charge is 2.31. The van der Waals surface area contributed by atoms with E-state index in [4.69, 9.17) is 11.6 Å². The van der Waals surface area contributed by atoms with E-state index < -0.39 is 9.84 Å². The van der Waals surface area contributed by atoms with Gasteiger partial charge in [-0.2, -0.15) is 0 Å². The molecule has 1 amide bonds. The van der Waals surface area contributed by atoms with Crippen LogP contribution in [-0.4, -0.2) is 30.8 Å². The maximum atomic E-state index is 12.7. The zero-order chi connectivity index (χ0) is 22.9. The number of halogens is 1. The van der Waals surface area contributed by atoms with Crippen molar-refractivity contribution >= 4 is 49.6 Å². The van der Waals surface area contributed by atoms with Crippen molar-refractivity contribution < 1.29 is 18.0 Å². The zero-order valence-corrected chi connectivity index (χ0v) is 19.7. The summed E-state index contributed by atoms with van der Waals surface area (Å²) in [5, 5.41) is 3.78. The number of ketones is 1. The molecule has 0 aliphatic heterocycles. The minimum absolute atomic E-state index is 0.00175. The molecule has 0 bridgehead atoms. The number of hydrogen-bond acceptors (Lipinski definition) is 6. The average Bonchev–Trinajstić information content (AvgIpc) is 3.17. The second-order valence-electron chi connectivity index (χ2n) is 7.62. The van der Waals surface area contributed by atoms with E-state index in [0.717, 1.165) is 5.56 Å². The van der Waals surface area contributed by atoms with E-state index in [1.165, 1.54) is 23.5 Å². The third kappa shape index (κ3) is 4.77. The highest BCUT2D eigenvalue weighted by molar-refractivity contribution is 7.91. The predicted molar refractivity (Wildman–Crippen MR) is 125 cm³/mol. The summed E-state index contributed by atoms with van der Waals surface area (Å²) in [7, 11) is -3.28. The SMILES string of the molecule is CCS(=O)(=O)c1ccc(CC(=O)Nc2nc3c(s2)C(=O)CC(c2ccccc2Cl)C3)cc1. The Hall–Kier alpha value is -2.55. The van der Waals surface area contributed by atoms with Gasteiger partial charge in [0.15, 0.2) is 20.8 Å². The van der Waals surface area contributed by atoms with Crippen LogP contribution < -0.4 is 5.32 Å². The highest BCUT2D eigenvalue weighted by atomic mass is 35.5. The minimum atomic E-state index is -3.28. The number of carbonyl (C=O) groups excluding carboxylic acids is 2. The molecule has 1 heterocycles. The van der Waals surface area contributed by atoms with Gasteiger partial charge in [0.25, 0.3) is 0 Å². The molecule has 0 saturated heterocycles. The summed E-state index contributed by atoms with van der Waals surface area (Å²) in [6, 6.07) is 13.8. The van der Waals surface area contributed by atoms with Crippen LogP contribution in [0.2, 0.25) is 5.02 Å². The molecule has 4 rings (SSSR count). The van der Waals surface area contributed by atoms with Crippen molar-refractivity contribution in [3.8, 4) is 0 Å². The Balaban J connectivity index is 1.44. The third-order valence-electron chi connectivity index (χ3n) is 5.44. The molecule has 1 aliphatic carbocycles. The number of nitrogens with one attached hydrogen (secondary N) is 1. The van der Waals surface area contributed by atoms with Crippen molar-refractivity contribution in [2.45, 2.75) is 37.0 Å². The molecule has 6 nitrogen and oxygen atoms in total. The van der Waals surface area contributed by atoms with E-state index >= 15 is 0 Å². The summed E-state index contributed by atoms with van der Waals surface area (Å²) >= 11 is 7.49. The van der Waals surface area contributed by atoms with E-state index in [1.807, 2.05) is 24.3 Å². The van der Waals surface area contributed by atoms with Crippen LogP contribution in [0.15, 0.2) is 53.4 Å². The number of carbonyl (C=O) groups is 2. The van der Waals surface area contributed by atoms with E-state index in [0.29, 0.717) is 39.1 Å². The number of anilines is 1. The summed E-state index contributed by atoms with van der Waals surface area (Å²) in [4.78, 5) is 30.5. The monoisotopic (exact) mass is 488 g/mol. The molecule has 1 aromatic heterocycles. The molecule has 1 aliphatic rings. The van der Waals surface area contributed by atoms with Crippen LogP contribution in [0, 0.1) is 0 Å². The third-order valence-corrected chi connectivity index (χ3v) is 8.59. The van der Waals surface area contributed by atoms with Crippen molar-refractivity contribution in [1.82, 2.24) is 4.98 Å².